The minimum Gasteiger partial charge on any atom is -0.201 e. The van der Waals surface area contributed by atoms with Crippen LogP contribution in [-0.4, -0.2) is 17.3 Å². The highest BCUT2D eigenvalue weighted by Gasteiger charge is 2.44. The Bertz CT molecular complexity index is 929. The van der Waals surface area contributed by atoms with Crippen molar-refractivity contribution in [1.82, 2.24) is 0 Å². The molecule has 0 N–H and O–H groups in total. The Balaban J connectivity index is 2.36. The highest BCUT2D eigenvalue weighted by atomic mass is 15.0. The molecular formula is C20H20N+. The van der Waals surface area contributed by atoms with Crippen LogP contribution in [0, 0.1) is 0 Å². The van der Waals surface area contributed by atoms with E-state index in [1.54, 1.807) is 0 Å². The number of rotatable bonds is 0. The van der Waals surface area contributed by atoms with Gasteiger partial charge < -0.3 is 0 Å². The van der Waals surface area contributed by atoms with E-state index in [-0.39, 0.29) is 5.41 Å². The first-order chi connectivity index (χ1) is 10.0. The quantitative estimate of drug-likeness (QED) is 0.400. The van der Waals surface area contributed by atoms with E-state index in [1.165, 1.54) is 38.5 Å². The molecule has 0 saturated heterocycles. The maximum atomic E-state index is 2.38. The third-order valence-corrected chi connectivity index (χ3v) is 5.27. The van der Waals surface area contributed by atoms with Crippen molar-refractivity contribution in [3.05, 3.63) is 54.1 Å². The normalized spacial score (nSPS) is 16.8. The van der Waals surface area contributed by atoms with Crippen molar-refractivity contribution in [2.24, 2.45) is 0 Å². The maximum Gasteiger partial charge on any atom is 0.217 e. The highest BCUT2D eigenvalue weighted by molar-refractivity contribution is 6.17. The van der Waals surface area contributed by atoms with Crippen LogP contribution in [-0.2, 0) is 5.41 Å². The van der Waals surface area contributed by atoms with Gasteiger partial charge in [-0.15, -0.1) is 0 Å². The van der Waals surface area contributed by atoms with Gasteiger partial charge in [0.05, 0.1) is 10.8 Å². The van der Waals surface area contributed by atoms with E-state index in [2.05, 4.69) is 80.9 Å². The summed E-state index contributed by atoms with van der Waals surface area (Å²) in [5.41, 5.74) is 4.34. The average molecular weight is 274 g/mol. The lowest BCUT2D eigenvalue weighted by Gasteiger charge is -2.18. The van der Waals surface area contributed by atoms with Crippen molar-refractivity contribution >= 4 is 32.9 Å². The van der Waals surface area contributed by atoms with E-state index in [4.69, 9.17) is 0 Å². The van der Waals surface area contributed by atoms with Gasteiger partial charge in [0.2, 0.25) is 5.69 Å². The van der Waals surface area contributed by atoms with Gasteiger partial charge in [0.15, 0.2) is 5.71 Å². The summed E-state index contributed by atoms with van der Waals surface area (Å²) in [4.78, 5) is 0. The zero-order valence-corrected chi connectivity index (χ0v) is 13.1. The van der Waals surface area contributed by atoms with E-state index >= 15 is 0 Å². The maximum absolute atomic E-state index is 2.38. The summed E-state index contributed by atoms with van der Waals surface area (Å²) >= 11 is 0. The minimum atomic E-state index is 0.0771. The molecule has 1 heteroatoms. The Labute approximate surface area is 125 Å². The second kappa shape index (κ2) is 3.94. The third-order valence-electron chi connectivity index (χ3n) is 5.27. The van der Waals surface area contributed by atoms with Gasteiger partial charge in [-0.3, -0.25) is 0 Å². The van der Waals surface area contributed by atoms with Crippen LogP contribution < -0.4 is 0 Å². The van der Waals surface area contributed by atoms with E-state index in [0.29, 0.717) is 0 Å². The smallest absolute Gasteiger partial charge is 0.201 e. The molecule has 4 rings (SSSR count). The predicted molar refractivity (Wildman–Crippen MR) is 91.0 cm³/mol. The van der Waals surface area contributed by atoms with Gasteiger partial charge in [-0.1, -0.05) is 42.5 Å². The van der Waals surface area contributed by atoms with Crippen LogP contribution >= 0.6 is 0 Å². The Morgan fingerprint density at radius 1 is 0.762 bits per heavy atom. The summed E-state index contributed by atoms with van der Waals surface area (Å²) in [6.07, 6.45) is 0. The first-order valence-corrected chi connectivity index (χ1v) is 7.55. The monoisotopic (exact) mass is 274 g/mol. The predicted octanol–water partition coefficient (Wildman–Crippen LogP) is 5.02. The molecule has 0 saturated carbocycles. The number of fused-ring (bicyclic) bond motifs is 6. The van der Waals surface area contributed by atoms with Gasteiger partial charge in [-0.25, -0.2) is 4.58 Å². The Kier molecular flexibility index (Phi) is 2.36. The molecule has 1 aliphatic rings. The molecule has 0 unspecified atom stereocenters. The van der Waals surface area contributed by atoms with Gasteiger partial charge in [0.25, 0.3) is 0 Å². The van der Waals surface area contributed by atoms with Crippen LogP contribution in [0.1, 0.15) is 26.3 Å². The molecule has 21 heavy (non-hydrogen) atoms. The molecule has 0 radical (unpaired) electrons. The molecule has 0 fully saturated rings. The van der Waals surface area contributed by atoms with E-state index in [1.807, 2.05) is 0 Å². The number of hydrogen-bond donors (Lipinski definition) is 0. The first-order valence-electron chi connectivity index (χ1n) is 7.55. The number of nitrogens with zero attached hydrogens (tertiary/aromatic N) is 1. The standard InChI is InChI=1S/C20H20N/c1-13-20(2,3)18-16-11-7-5-9-14(16)15-10-6-8-12-17(15)19(18)21(13)4/h5-12H,1-4H3/q+1. The molecule has 104 valence electrons. The van der Waals surface area contributed by atoms with Crippen molar-refractivity contribution < 1.29 is 4.58 Å². The molecule has 3 aromatic carbocycles. The summed E-state index contributed by atoms with van der Waals surface area (Å²) in [5.74, 6) is 0. The lowest BCUT2D eigenvalue weighted by atomic mass is 9.78. The molecule has 0 aliphatic carbocycles. The van der Waals surface area contributed by atoms with Gasteiger partial charge in [-0.2, -0.15) is 0 Å². The zero-order valence-electron chi connectivity index (χ0n) is 13.1. The van der Waals surface area contributed by atoms with E-state index < -0.39 is 0 Å². The van der Waals surface area contributed by atoms with Crippen molar-refractivity contribution in [1.29, 1.82) is 0 Å². The van der Waals surface area contributed by atoms with E-state index in [0.717, 1.165) is 0 Å². The highest BCUT2D eigenvalue weighted by Crippen LogP contribution is 2.47. The zero-order chi connectivity index (χ0) is 14.8. The second-order valence-corrected chi connectivity index (χ2v) is 6.58. The molecule has 3 aromatic rings. The summed E-state index contributed by atoms with van der Waals surface area (Å²) in [7, 11) is 2.20. The van der Waals surface area contributed by atoms with Gasteiger partial charge in [-0.05, 0) is 36.1 Å². The minimum absolute atomic E-state index is 0.0771. The van der Waals surface area contributed by atoms with Gasteiger partial charge in [0.1, 0.15) is 7.05 Å². The fraction of sp³-hybridized carbons (Fsp3) is 0.250. The van der Waals surface area contributed by atoms with Crippen LogP contribution in [0.4, 0.5) is 5.69 Å². The van der Waals surface area contributed by atoms with Crippen molar-refractivity contribution in [2.45, 2.75) is 26.2 Å². The molecule has 0 spiro atoms. The van der Waals surface area contributed by atoms with Crippen molar-refractivity contribution in [3.63, 3.8) is 0 Å². The molecular weight excluding hydrogens is 254 g/mol. The van der Waals surface area contributed by atoms with Crippen molar-refractivity contribution in [2.75, 3.05) is 7.05 Å². The fourth-order valence-electron chi connectivity index (χ4n) is 3.87. The van der Waals surface area contributed by atoms with Crippen LogP contribution in [0.25, 0.3) is 21.5 Å². The first kappa shape index (κ1) is 12.6. The van der Waals surface area contributed by atoms with Crippen LogP contribution in [0.2, 0.25) is 0 Å². The molecule has 0 bridgehead atoms. The topological polar surface area (TPSA) is 3.01 Å². The number of hydrogen-bond acceptors (Lipinski definition) is 0. The molecule has 0 amide bonds. The fourth-order valence-corrected chi connectivity index (χ4v) is 3.87. The lowest BCUT2D eigenvalue weighted by Crippen LogP contribution is -2.25. The SMILES string of the molecule is CC1=[N+](C)c2c(c3ccccc3c3ccccc23)C1(C)C. The number of benzene rings is 3. The van der Waals surface area contributed by atoms with Crippen LogP contribution in [0.3, 0.4) is 0 Å². The lowest BCUT2D eigenvalue weighted by molar-refractivity contribution is -0.401. The molecule has 1 heterocycles. The molecule has 1 aliphatic heterocycles. The third kappa shape index (κ3) is 1.44. The summed E-state index contributed by atoms with van der Waals surface area (Å²) < 4.78 is 2.38. The van der Waals surface area contributed by atoms with Crippen molar-refractivity contribution in [3.8, 4) is 0 Å². The molecule has 0 atom stereocenters. The summed E-state index contributed by atoms with van der Waals surface area (Å²) in [6.45, 7) is 6.93. The van der Waals surface area contributed by atoms with Gasteiger partial charge >= 0.3 is 0 Å². The largest absolute Gasteiger partial charge is 0.217 e. The second-order valence-electron chi connectivity index (χ2n) is 6.58. The van der Waals surface area contributed by atoms with Gasteiger partial charge in [0, 0.05) is 12.5 Å². The Hall–Kier alpha value is -2.15. The van der Waals surface area contributed by atoms with Crippen LogP contribution in [0.5, 0.6) is 0 Å². The summed E-state index contributed by atoms with van der Waals surface area (Å²) in [5, 5.41) is 5.46. The van der Waals surface area contributed by atoms with E-state index in [9.17, 15) is 0 Å². The molecule has 0 aromatic heterocycles. The summed E-state index contributed by atoms with van der Waals surface area (Å²) in [6, 6.07) is 17.6. The Morgan fingerprint density at radius 3 is 1.86 bits per heavy atom. The average Bonchev–Trinajstić information content (AvgIpc) is 2.69. The molecule has 1 nitrogen and oxygen atoms in total. The Morgan fingerprint density at radius 2 is 1.24 bits per heavy atom. The van der Waals surface area contributed by atoms with Crippen LogP contribution in [0.15, 0.2) is 48.5 Å².